The van der Waals surface area contributed by atoms with Gasteiger partial charge in [0, 0.05) is 0 Å². The van der Waals surface area contributed by atoms with Crippen LogP contribution >= 0.6 is 0 Å². The molecule has 0 amide bonds. The van der Waals surface area contributed by atoms with Crippen molar-refractivity contribution in [1.29, 1.82) is 0 Å². The molecule has 0 aliphatic carbocycles. The molecule has 11 heavy (non-hydrogen) atoms. The van der Waals surface area contributed by atoms with E-state index in [-0.39, 0.29) is 0 Å². The topological polar surface area (TPSA) is 0 Å². The van der Waals surface area contributed by atoms with Gasteiger partial charge in [-0.15, -0.1) is 0 Å². The van der Waals surface area contributed by atoms with Gasteiger partial charge in [-0.1, -0.05) is 0 Å². The van der Waals surface area contributed by atoms with E-state index in [1.165, 1.54) is 6.42 Å². The van der Waals surface area contributed by atoms with Crippen LogP contribution in [0.2, 0.25) is 17.3 Å². The van der Waals surface area contributed by atoms with Gasteiger partial charge in [0.15, 0.2) is 0 Å². The summed E-state index contributed by atoms with van der Waals surface area (Å²) in [5, 5.41) is 0. The average Bonchev–Trinajstić information content (AvgIpc) is 1.78. The summed E-state index contributed by atoms with van der Waals surface area (Å²) in [6.45, 7) is 4.50. The summed E-state index contributed by atoms with van der Waals surface area (Å²) in [5.74, 6) is 11.1. The molecule has 0 aromatic carbocycles. The van der Waals surface area contributed by atoms with Crippen LogP contribution < -0.4 is 0 Å². The van der Waals surface area contributed by atoms with E-state index < -0.39 is 13.3 Å². The van der Waals surface area contributed by atoms with Gasteiger partial charge in [0.25, 0.3) is 0 Å². The van der Waals surface area contributed by atoms with Crippen LogP contribution in [0.3, 0.4) is 0 Å². The first-order valence-corrected chi connectivity index (χ1v) is 11.8. The van der Waals surface area contributed by atoms with Gasteiger partial charge in [-0.05, 0) is 0 Å². The minimum absolute atomic E-state index is 0.803. The van der Waals surface area contributed by atoms with Crippen molar-refractivity contribution in [3.05, 3.63) is 0 Å². The molecule has 0 aliphatic rings. The Labute approximate surface area is 74.1 Å². The molecule has 0 radical (unpaired) electrons. The van der Waals surface area contributed by atoms with Crippen molar-refractivity contribution in [3.63, 3.8) is 0 Å². The van der Waals surface area contributed by atoms with Crippen LogP contribution in [0.25, 0.3) is 0 Å². The van der Waals surface area contributed by atoms with Crippen LogP contribution in [-0.4, -0.2) is 13.3 Å². The van der Waals surface area contributed by atoms with E-state index in [4.69, 9.17) is 0 Å². The fourth-order valence-corrected chi connectivity index (χ4v) is 2.06. The van der Waals surface area contributed by atoms with Crippen LogP contribution in [0.4, 0.5) is 0 Å². The van der Waals surface area contributed by atoms with Gasteiger partial charge in [-0.3, -0.25) is 0 Å². The molecule has 0 nitrogen and oxygen atoms in total. The van der Waals surface area contributed by atoms with Crippen LogP contribution in [0, 0.1) is 16.6 Å². The van der Waals surface area contributed by atoms with E-state index in [2.05, 4.69) is 41.8 Å². The minimum atomic E-state index is -1.53. The van der Waals surface area contributed by atoms with E-state index in [0.29, 0.717) is 0 Å². The van der Waals surface area contributed by atoms with Gasteiger partial charge >= 0.3 is 73.8 Å². The van der Waals surface area contributed by atoms with Crippen molar-refractivity contribution >= 4 is 13.3 Å². The van der Waals surface area contributed by atoms with E-state index in [9.17, 15) is 0 Å². The second-order valence-electron chi connectivity index (χ2n) is 4.48. The molecule has 0 spiro atoms. The van der Waals surface area contributed by atoms with Crippen molar-refractivity contribution < 1.29 is 0 Å². The first-order valence-electron chi connectivity index (χ1n) is 4.42. The molecule has 0 aromatic rings. The Hall–Kier alpha value is 0.103. The van der Waals surface area contributed by atoms with Gasteiger partial charge in [-0.2, -0.15) is 0 Å². The monoisotopic (exact) mass is 214 g/mol. The van der Waals surface area contributed by atoms with Crippen LogP contribution in [-0.2, 0) is 0 Å². The Kier molecular flexibility index (Phi) is 4.92. The molecular formula is C10H20Ge. The Morgan fingerprint density at radius 3 is 2.09 bits per heavy atom. The molecular weight excluding hydrogens is 193 g/mol. The molecule has 0 atom stereocenters. The predicted molar refractivity (Wildman–Crippen MR) is 55.2 cm³/mol. The second kappa shape index (κ2) is 4.88. The van der Waals surface area contributed by atoms with Crippen LogP contribution in [0.5, 0.6) is 0 Å². The molecule has 0 bridgehead atoms. The third-order valence-corrected chi connectivity index (χ3v) is 3.25. The van der Waals surface area contributed by atoms with E-state index in [1.54, 1.807) is 0 Å². The zero-order valence-electron chi connectivity index (χ0n) is 8.49. The summed E-state index contributed by atoms with van der Waals surface area (Å²) < 4.78 is 3.41. The molecule has 0 N–H and O–H groups in total. The number of hydrogen-bond acceptors (Lipinski definition) is 0. The SMILES string of the molecule is CC(C)CCC#[C][Ge]([CH3])([CH3])[CH3]. The molecule has 0 heterocycles. The summed E-state index contributed by atoms with van der Waals surface area (Å²) in [6, 6.07) is 0. The van der Waals surface area contributed by atoms with Crippen LogP contribution in [0.1, 0.15) is 26.7 Å². The molecule has 0 saturated heterocycles. The maximum absolute atomic E-state index is 3.41. The summed E-state index contributed by atoms with van der Waals surface area (Å²) in [5.41, 5.74) is 0. The third-order valence-electron chi connectivity index (χ3n) is 1.31. The first-order chi connectivity index (χ1) is 4.92. The summed E-state index contributed by atoms with van der Waals surface area (Å²) in [4.78, 5) is 0. The summed E-state index contributed by atoms with van der Waals surface area (Å²) >= 11 is -1.53. The molecule has 1 heteroatoms. The van der Waals surface area contributed by atoms with E-state index in [0.717, 1.165) is 12.3 Å². The van der Waals surface area contributed by atoms with E-state index in [1.807, 2.05) is 0 Å². The Balaban J connectivity index is 3.57. The van der Waals surface area contributed by atoms with Crippen molar-refractivity contribution in [3.8, 4) is 10.7 Å². The fraction of sp³-hybridized carbons (Fsp3) is 0.800. The quantitative estimate of drug-likeness (QED) is 0.487. The first kappa shape index (κ1) is 11.1. The van der Waals surface area contributed by atoms with Gasteiger partial charge in [0.05, 0.1) is 0 Å². The average molecular weight is 213 g/mol. The standard InChI is InChI=1S/C10H20Ge/c1-10(2)8-6-7-9-11(3,4)5/h10H,6,8H2,1-5H3. The van der Waals surface area contributed by atoms with Crippen molar-refractivity contribution in [2.45, 2.75) is 44.0 Å². The van der Waals surface area contributed by atoms with Crippen molar-refractivity contribution in [2.75, 3.05) is 0 Å². The molecule has 0 rings (SSSR count). The molecule has 64 valence electrons. The Bertz CT molecular complexity index is 152. The fourth-order valence-electron chi connectivity index (χ4n) is 0.689. The van der Waals surface area contributed by atoms with Gasteiger partial charge in [-0.25, -0.2) is 0 Å². The molecule has 0 aliphatic heterocycles. The molecule has 0 saturated carbocycles. The normalized spacial score (nSPS) is 11.1. The molecule has 0 aromatic heterocycles. The van der Waals surface area contributed by atoms with Gasteiger partial charge < -0.3 is 0 Å². The van der Waals surface area contributed by atoms with Crippen molar-refractivity contribution in [1.82, 2.24) is 0 Å². The van der Waals surface area contributed by atoms with Gasteiger partial charge in [0.1, 0.15) is 0 Å². The van der Waals surface area contributed by atoms with Gasteiger partial charge in [0.2, 0.25) is 0 Å². The summed E-state index contributed by atoms with van der Waals surface area (Å²) in [6.07, 6.45) is 2.35. The Morgan fingerprint density at radius 1 is 1.18 bits per heavy atom. The Morgan fingerprint density at radius 2 is 1.73 bits per heavy atom. The van der Waals surface area contributed by atoms with Crippen molar-refractivity contribution in [2.24, 2.45) is 5.92 Å². The van der Waals surface area contributed by atoms with Crippen LogP contribution in [0.15, 0.2) is 0 Å². The second-order valence-corrected chi connectivity index (χ2v) is 14.5. The maximum atomic E-state index is 3.41. The zero-order valence-corrected chi connectivity index (χ0v) is 10.6. The molecule has 0 fully saturated rings. The number of rotatable bonds is 2. The predicted octanol–water partition coefficient (Wildman–Crippen LogP) is 3.30. The van der Waals surface area contributed by atoms with E-state index >= 15 is 0 Å². The molecule has 0 unspecified atom stereocenters. The summed E-state index contributed by atoms with van der Waals surface area (Å²) in [7, 11) is 0. The third kappa shape index (κ3) is 10.1. The number of hydrogen-bond donors (Lipinski definition) is 0. The zero-order chi connectivity index (χ0) is 8.91.